The van der Waals surface area contributed by atoms with Crippen molar-refractivity contribution < 1.29 is 4.74 Å². The van der Waals surface area contributed by atoms with Crippen molar-refractivity contribution in [2.24, 2.45) is 10.8 Å². The highest BCUT2D eigenvalue weighted by atomic mass is 16.5. The third-order valence-corrected chi connectivity index (χ3v) is 1.30. The number of hydrazine groups is 1. The highest BCUT2D eigenvalue weighted by Gasteiger charge is 2.08. The quantitative estimate of drug-likeness (QED) is 0.526. The number of hydrogen-bond donors (Lipinski definition) is 1. The third kappa shape index (κ3) is 1.27. The van der Waals surface area contributed by atoms with Gasteiger partial charge in [0.25, 0.3) is 0 Å². The second kappa shape index (κ2) is 2.70. The van der Waals surface area contributed by atoms with E-state index in [1.807, 2.05) is 6.92 Å². The Morgan fingerprint density at radius 3 is 3.00 bits per heavy atom. The standard InChI is InChI=1S/C6H11N3O/c1-5-3-6(10-2)9(7)4-8-5/h3H,4,7H2,1-2H3. The van der Waals surface area contributed by atoms with Crippen LogP contribution in [-0.2, 0) is 4.74 Å². The van der Waals surface area contributed by atoms with Crippen LogP contribution in [0.15, 0.2) is 17.0 Å². The first-order valence-corrected chi connectivity index (χ1v) is 3.03. The summed E-state index contributed by atoms with van der Waals surface area (Å²) >= 11 is 0. The first-order valence-electron chi connectivity index (χ1n) is 3.03. The van der Waals surface area contributed by atoms with E-state index in [-0.39, 0.29) is 0 Å². The van der Waals surface area contributed by atoms with Crippen LogP contribution >= 0.6 is 0 Å². The Balaban J connectivity index is 2.73. The Kier molecular flexibility index (Phi) is 1.91. The van der Waals surface area contributed by atoms with E-state index >= 15 is 0 Å². The minimum absolute atomic E-state index is 0.478. The lowest BCUT2D eigenvalue weighted by Crippen LogP contribution is -2.34. The molecule has 0 bridgehead atoms. The van der Waals surface area contributed by atoms with Gasteiger partial charge >= 0.3 is 0 Å². The van der Waals surface area contributed by atoms with E-state index in [1.165, 1.54) is 5.01 Å². The molecule has 56 valence electrons. The molecule has 0 unspecified atom stereocenters. The molecule has 0 spiro atoms. The summed E-state index contributed by atoms with van der Waals surface area (Å²) in [7, 11) is 1.59. The minimum Gasteiger partial charge on any atom is -0.481 e. The van der Waals surface area contributed by atoms with Crippen LogP contribution in [0.3, 0.4) is 0 Å². The lowest BCUT2D eigenvalue weighted by Gasteiger charge is -2.21. The molecule has 0 aliphatic carbocycles. The highest BCUT2D eigenvalue weighted by Crippen LogP contribution is 2.04. The first-order chi connectivity index (χ1) is 4.74. The molecule has 0 aromatic heterocycles. The van der Waals surface area contributed by atoms with Gasteiger partial charge in [-0.1, -0.05) is 0 Å². The van der Waals surface area contributed by atoms with Crippen molar-refractivity contribution in [2.45, 2.75) is 6.92 Å². The summed E-state index contributed by atoms with van der Waals surface area (Å²) in [5, 5.41) is 1.45. The van der Waals surface area contributed by atoms with E-state index in [0.717, 1.165) is 5.71 Å². The second-order valence-corrected chi connectivity index (χ2v) is 2.10. The van der Waals surface area contributed by atoms with E-state index in [0.29, 0.717) is 12.6 Å². The van der Waals surface area contributed by atoms with E-state index in [1.54, 1.807) is 13.2 Å². The van der Waals surface area contributed by atoms with Crippen molar-refractivity contribution in [1.82, 2.24) is 5.01 Å². The summed E-state index contributed by atoms with van der Waals surface area (Å²) in [4.78, 5) is 4.07. The second-order valence-electron chi connectivity index (χ2n) is 2.10. The maximum atomic E-state index is 5.48. The minimum atomic E-state index is 0.478. The van der Waals surface area contributed by atoms with Crippen LogP contribution in [0.2, 0.25) is 0 Å². The molecule has 0 radical (unpaired) electrons. The third-order valence-electron chi connectivity index (χ3n) is 1.30. The van der Waals surface area contributed by atoms with Gasteiger partial charge in [0.15, 0.2) is 0 Å². The number of nitrogens with zero attached hydrogens (tertiary/aromatic N) is 2. The lowest BCUT2D eigenvalue weighted by molar-refractivity contribution is 0.155. The molecule has 1 rings (SSSR count). The molecule has 0 fully saturated rings. The van der Waals surface area contributed by atoms with Crippen LogP contribution in [0.4, 0.5) is 0 Å². The molecular formula is C6H11N3O. The normalized spacial score (nSPS) is 18.1. The van der Waals surface area contributed by atoms with Gasteiger partial charge in [-0.25, -0.2) is 5.84 Å². The zero-order chi connectivity index (χ0) is 7.56. The van der Waals surface area contributed by atoms with Gasteiger partial charge in [-0.05, 0) is 6.92 Å². The number of nitrogens with two attached hydrogens (primary N) is 1. The molecule has 0 saturated carbocycles. The number of rotatable bonds is 1. The zero-order valence-corrected chi connectivity index (χ0v) is 6.16. The molecule has 0 amide bonds. The van der Waals surface area contributed by atoms with Crippen LogP contribution in [-0.4, -0.2) is 24.5 Å². The lowest BCUT2D eigenvalue weighted by atomic mass is 10.3. The Morgan fingerprint density at radius 2 is 2.50 bits per heavy atom. The van der Waals surface area contributed by atoms with E-state index < -0.39 is 0 Å². The summed E-state index contributed by atoms with van der Waals surface area (Å²) in [5.74, 6) is 6.14. The summed E-state index contributed by atoms with van der Waals surface area (Å²) < 4.78 is 4.96. The van der Waals surface area contributed by atoms with Crippen LogP contribution in [0, 0.1) is 0 Å². The summed E-state index contributed by atoms with van der Waals surface area (Å²) in [6.07, 6.45) is 1.80. The Morgan fingerprint density at radius 1 is 1.80 bits per heavy atom. The predicted molar refractivity (Wildman–Crippen MR) is 39.1 cm³/mol. The Labute approximate surface area is 59.9 Å². The fraction of sp³-hybridized carbons (Fsp3) is 0.500. The number of methoxy groups -OCH3 is 1. The monoisotopic (exact) mass is 141 g/mol. The fourth-order valence-corrected chi connectivity index (χ4v) is 0.741. The first kappa shape index (κ1) is 7.08. The zero-order valence-electron chi connectivity index (χ0n) is 6.16. The molecule has 1 heterocycles. The van der Waals surface area contributed by atoms with Gasteiger partial charge in [-0.3, -0.25) is 10.0 Å². The van der Waals surface area contributed by atoms with Crippen LogP contribution in [0.1, 0.15) is 6.92 Å². The number of hydrogen-bond acceptors (Lipinski definition) is 4. The van der Waals surface area contributed by atoms with Gasteiger partial charge in [0.2, 0.25) is 5.88 Å². The molecule has 4 nitrogen and oxygen atoms in total. The Bertz CT molecular complexity index is 185. The summed E-state index contributed by atoms with van der Waals surface area (Å²) in [6.45, 7) is 2.39. The van der Waals surface area contributed by atoms with Crippen molar-refractivity contribution in [1.29, 1.82) is 0 Å². The highest BCUT2D eigenvalue weighted by molar-refractivity contribution is 5.93. The van der Waals surface area contributed by atoms with Crippen LogP contribution < -0.4 is 5.84 Å². The van der Waals surface area contributed by atoms with Gasteiger partial charge in [-0.15, -0.1) is 0 Å². The molecule has 10 heavy (non-hydrogen) atoms. The largest absolute Gasteiger partial charge is 0.481 e. The number of aliphatic imine (C=N–C) groups is 1. The van der Waals surface area contributed by atoms with Crippen LogP contribution in [0.25, 0.3) is 0 Å². The van der Waals surface area contributed by atoms with Crippen molar-refractivity contribution in [3.05, 3.63) is 12.0 Å². The SMILES string of the molecule is COC1=CC(C)=NCN1N. The molecule has 4 heteroatoms. The number of allylic oxidation sites excluding steroid dienone is 1. The molecule has 0 atom stereocenters. The van der Waals surface area contributed by atoms with Crippen LogP contribution in [0.5, 0.6) is 0 Å². The average molecular weight is 141 g/mol. The Hall–Kier alpha value is -1.03. The topological polar surface area (TPSA) is 50.8 Å². The summed E-state index contributed by atoms with van der Waals surface area (Å²) in [6, 6.07) is 0. The maximum Gasteiger partial charge on any atom is 0.207 e. The smallest absolute Gasteiger partial charge is 0.207 e. The molecular weight excluding hydrogens is 130 g/mol. The predicted octanol–water partition coefficient (Wildman–Crippen LogP) is 0.0819. The average Bonchev–Trinajstić information content (AvgIpc) is 1.94. The van der Waals surface area contributed by atoms with Gasteiger partial charge in [0.05, 0.1) is 7.11 Å². The molecule has 0 aromatic rings. The van der Waals surface area contributed by atoms with E-state index in [4.69, 9.17) is 10.6 Å². The van der Waals surface area contributed by atoms with E-state index in [9.17, 15) is 0 Å². The number of ether oxygens (including phenoxy) is 1. The summed E-state index contributed by atoms with van der Waals surface area (Å²) in [5.41, 5.74) is 0.943. The van der Waals surface area contributed by atoms with Crippen molar-refractivity contribution in [2.75, 3.05) is 13.8 Å². The van der Waals surface area contributed by atoms with Crippen molar-refractivity contribution >= 4 is 5.71 Å². The molecule has 1 aliphatic heterocycles. The molecule has 0 aromatic carbocycles. The van der Waals surface area contributed by atoms with Gasteiger partial charge in [-0.2, -0.15) is 0 Å². The molecule has 2 N–H and O–H groups in total. The van der Waals surface area contributed by atoms with E-state index in [2.05, 4.69) is 4.99 Å². The van der Waals surface area contributed by atoms with Gasteiger partial charge in [0, 0.05) is 11.8 Å². The fourth-order valence-electron chi connectivity index (χ4n) is 0.741. The maximum absolute atomic E-state index is 5.48. The van der Waals surface area contributed by atoms with Crippen molar-refractivity contribution in [3.8, 4) is 0 Å². The molecule has 0 saturated heterocycles. The van der Waals surface area contributed by atoms with Gasteiger partial charge in [0.1, 0.15) is 6.67 Å². The molecule has 1 aliphatic rings. The van der Waals surface area contributed by atoms with Gasteiger partial charge < -0.3 is 4.74 Å². The van der Waals surface area contributed by atoms with Crippen molar-refractivity contribution in [3.63, 3.8) is 0 Å².